The highest BCUT2D eigenvalue weighted by Crippen LogP contribution is 2.34. The quantitative estimate of drug-likeness (QED) is 0.773. The summed E-state index contributed by atoms with van der Waals surface area (Å²) in [6.07, 6.45) is 3.96. The van der Waals surface area contributed by atoms with E-state index in [1.165, 1.54) is 12.8 Å². The van der Waals surface area contributed by atoms with Crippen LogP contribution >= 0.6 is 23.2 Å². The number of carbonyl (C=O) groups is 2. The lowest BCUT2D eigenvalue weighted by Crippen LogP contribution is -2.55. The number of benzene rings is 1. The fraction of sp³-hybridized carbons (Fsp3) is 0.529. The minimum absolute atomic E-state index is 0.0763. The number of rotatable bonds is 7. The fourth-order valence-corrected chi connectivity index (χ4v) is 3.36. The van der Waals surface area contributed by atoms with E-state index < -0.39 is 5.97 Å². The molecule has 0 aromatic heterocycles. The first kappa shape index (κ1) is 17.5. The monoisotopic (exact) mass is 370 g/mol. The van der Waals surface area contributed by atoms with Gasteiger partial charge in [0.25, 0.3) is 5.91 Å². The van der Waals surface area contributed by atoms with Crippen LogP contribution < -0.4 is 5.32 Å². The van der Waals surface area contributed by atoms with Gasteiger partial charge in [-0.2, -0.15) is 0 Å². The molecule has 130 valence electrons. The number of nitrogens with zero attached hydrogens (tertiary/aromatic N) is 1. The van der Waals surface area contributed by atoms with Crippen LogP contribution in [0.25, 0.3) is 0 Å². The summed E-state index contributed by atoms with van der Waals surface area (Å²) in [5.41, 5.74) is 0.480. The van der Waals surface area contributed by atoms with Gasteiger partial charge in [0.1, 0.15) is 0 Å². The first-order valence-corrected chi connectivity index (χ1v) is 8.89. The largest absolute Gasteiger partial charge is 0.480 e. The first-order chi connectivity index (χ1) is 11.4. The normalized spacial score (nSPS) is 23.0. The Morgan fingerprint density at radius 2 is 1.92 bits per heavy atom. The summed E-state index contributed by atoms with van der Waals surface area (Å²) in [6.45, 7) is 0.930. The summed E-state index contributed by atoms with van der Waals surface area (Å²) in [5, 5.41) is 12.8. The number of nitrogens with one attached hydrogen (secondary N) is 1. The lowest BCUT2D eigenvalue weighted by molar-refractivity contribution is -0.139. The van der Waals surface area contributed by atoms with Gasteiger partial charge in [0.15, 0.2) is 0 Å². The molecule has 0 spiro atoms. The second kappa shape index (κ2) is 7.30. The maximum atomic E-state index is 12.2. The van der Waals surface area contributed by atoms with Gasteiger partial charge in [-0.25, -0.2) is 0 Å². The smallest absolute Gasteiger partial charge is 0.317 e. The zero-order valence-corrected chi connectivity index (χ0v) is 14.7. The molecule has 0 heterocycles. The molecule has 24 heavy (non-hydrogen) atoms. The standard InChI is InChI=1S/C17H20Cl2N2O3/c18-14-4-3-11(5-15(14)19)17(24)20-12-6-13(7-12)21(9-16(22)23)8-10-1-2-10/h3-5,10,12-13H,1-2,6-9H2,(H,20,24)(H,22,23). The number of carboxylic acids is 1. The Labute approximate surface area is 150 Å². The number of aliphatic carboxylic acids is 1. The summed E-state index contributed by atoms with van der Waals surface area (Å²) in [4.78, 5) is 25.3. The van der Waals surface area contributed by atoms with Gasteiger partial charge in [0, 0.05) is 24.2 Å². The molecular weight excluding hydrogens is 351 g/mol. The van der Waals surface area contributed by atoms with Crippen LogP contribution in [-0.4, -0.2) is 47.1 Å². The van der Waals surface area contributed by atoms with Crippen LogP contribution in [-0.2, 0) is 4.79 Å². The molecule has 7 heteroatoms. The number of hydrogen-bond acceptors (Lipinski definition) is 3. The van der Waals surface area contributed by atoms with Gasteiger partial charge >= 0.3 is 5.97 Å². The summed E-state index contributed by atoms with van der Waals surface area (Å²) in [7, 11) is 0. The molecule has 5 nitrogen and oxygen atoms in total. The summed E-state index contributed by atoms with van der Waals surface area (Å²) in [5.74, 6) is -0.322. The van der Waals surface area contributed by atoms with Crippen molar-refractivity contribution in [2.45, 2.75) is 37.8 Å². The van der Waals surface area contributed by atoms with E-state index >= 15 is 0 Å². The second-order valence-electron chi connectivity index (χ2n) is 6.69. The highest BCUT2D eigenvalue weighted by Gasteiger charge is 2.37. The predicted octanol–water partition coefficient (Wildman–Crippen LogP) is 3.05. The van der Waals surface area contributed by atoms with E-state index in [-0.39, 0.29) is 24.5 Å². The van der Waals surface area contributed by atoms with Crippen LogP contribution in [0.15, 0.2) is 18.2 Å². The van der Waals surface area contributed by atoms with E-state index in [1.54, 1.807) is 18.2 Å². The van der Waals surface area contributed by atoms with Crippen LogP contribution in [0.4, 0.5) is 0 Å². The van der Waals surface area contributed by atoms with Gasteiger partial charge in [0.05, 0.1) is 16.6 Å². The SMILES string of the molecule is O=C(O)CN(CC1CC1)C1CC(NC(=O)c2ccc(Cl)c(Cl)c2)C1. The van der Waals surface area contributed by atoms with Gasteiger partial charge in [0.2, 0.25) is 0 Å². The van der Waals surface area contributed by atoms with Crippen LogP contribution in [0.1, 0.15) is 36.0 Å². The molecule has 2 N–H and O–H groups in total. The highest BCUT2D eigenvalue weighted by atomic mass is 35.5. The molecule has 2 saturated carbocycles. The second-order valence-corrected chi connectivity index (χ2v) is 7.51. The Bertz CT molecular complexity index is 643. The van der Waals surface area contributed by atoms with Gasteiger partial charge in [-0.15, -0.1) is 0 Å². The highest BCUT2D eigenvalue weighted by molar-refractivity contribution is 6.42. The average molecular weight is 371 g/mol. The molecule has 0 atom stereocenters. The molecule has 2 aliphatic carbocycles. The summed E-state index contributed by atoms with van der Waals surface area (Å²) >= 11 is 11.8. The fourth-order valence-electron chi connectivity index (χ4n) is 3.06. The van der Waals surface area contributed by atoms with Crippen LogP contribution in [0.5, 0.6) is 0 Å². The lowest BCUT2D eigenvalue weighted by Gasteiger charge is -2.42. The maximum absolute atomic E-state index is 12.2. The van der Waals surface area contributed by atoms with Crippen molar-refractivity contribution in [3.05, 3.63) is 33.8 Å². The van der Waals surface area contributed by atoms with Crippen molar-refractivity contribution in [2.24, 2.45) is 5.92 Å². The van der Waals surface area contributed by atoms with Crippen molar-refractivity contribution in [1.29, 1.82) is 0 Å². The minimum atomic E-state index is -0.793. The molecule has 0 unspecified atom stereocenters. The van der Waals surface area contributed by atoms with Crippen LogP contribution in [0.3, 0.4) is 0 Å². The van der Waals surface area contributed by atoms with E-state index in [0.29, 0.717) is 21.5 Å². The third kappa shape index (κ3) is 4.41. The molecule has 0 bridgehead atoms. The molecule has 0 aliphatic heterocycles. The third-order valence-electron chi connectivity index (χ3n) is 4.67. The van der Waals surface area contributed by atoms with E-state index in [9.17, 15) is 9.59 Å². The Morgan fingerprint density at radius 1 is 1.21 bits per heavy atom. The lowest BCUT2D eigenvalue weighted by atomic mass is 9.85. The molecule has 1 aromatic carbocycles. The van der Waals surface area contributed by atoms with E-state index in [2.05, 4.69) is 5.32 Å². The zero-order valence-electron chi connectivity index (χ0n) is 13.2. The van der Waals surface area contributed by atoms with Crippen molar-refractivity contribution in [2.75, 3.05) is 13.1 Å². The van der Waals surface area contributed by atoms with Crippen molar-refractivity contribution in [3.63, 3.8) is 0 Å². The molecule has 3 rings (SSSR count). The molecule has 1 aromatic rings. The number of hydrogen-bond donors (Lipinski definition) is 2. The Kier molecular flexibility index (Phi) is 5.33. The molecule has 0 radical (unpaired) electrons. The van der Waals surface area contributed by atoms with Crippen molar-refractivity contribution in [3.8, 4) is 0 Å². The Hall–Kier alpha value is -1.30. The molecule has 0 saturated heterocycles. The van der Waals surface area contributed by atoms with Gasteiger partial charge in [-0.05, 0) is 49.8 Å². The van der Waals surface area contributed by atoms with E-state index in [0.717, 1.165) is 19.4 Å². The van der Waals surface area contributed by atoms with Gasteiger partial charge < -0.3 is 10.4 Å². The molecular formula is C17H20Cl2N2O3. The van der Waals surface area contributed by atoms with E-state index in [1.807, 2.05) is 4.90 Å². The average Bonchev–Trinajstić information content (AvgIpc) is 3.28. The number of carboxylic acid groups (broad SMARTS) is 1. The number of halogens is 2. The van der Waals surface area contributed by atoms with E-state index in [4.69, 9.17) is 28.3 Å². The number of amides is 1. The van der Waals surface area contributed by atoms with Crippen LogP contribution in [0, 0.1) is 5.92 Å². The van der Waals surface area contributed by atoms with Crippen LogP contribution in [0.2, 0.25) is 10.0 Å². The Balaban J connectivity index is 1.50. The van der Waals surface area contributed by atoms with Crippen molar-refractivity contribution >= 4 is 35.1 Å². The predicted molar refractivity (Wildman–Crippen MR) is 92.7 cm³/mol. The summed E-state index contributed by atoms with van der Waals surface area (Å²) in [6, 6.07) is 5.11. The topological polar surface area (TPSA) is 69.6 Å². The number of carbonyl (C=O) groups excluding carboxylic acids is 1. The zero-order chi connectivity index (χ0) is 17.3. The van der Waals surface area contributed by atoms with Gasteiger partial charge in [-0.1, -0.05) is 23.2 Å². The summed E-state index contributed by atoms with van der Waals surface area (Å²) < 4.78 is 0. The molecule has 2 aliphatic rings. The molecule has 2 fully saturated rings. The Morgan fingerprint density at radius 3 is 2.50 bits per heavy atom. The van der Waals surface area contributed by atoms with Crippen molar-refractivity contribution < 1.29 is 14.7 Å². The van der Waals surface area contributed by atoms with Crippen molar-refractivity contribution in [1.82, 2.24) is 10.2 Å². The first-order valence-electron chi connectivity index (χ1n) is 8.14. The molecule has 1 amide bonds. The maximum Gasteiger partial charge on any atom is 0.317 e. The van der Waals surface area contributed by atoms with Gasteiger partial charge in [-0.3, -0.25) is 14.5 Å². The minimum Gasteiger partial charge on any atom is -0.480 e. The third-order valence-corrected chi connectivity index (χ3v) is 5.41.